The zero-order chi connectivity index (χ0) is 19.3. The summed E-state index contributed by atoms with van der Waals surface area (Å²) in [6.07, 6.45) is 3.40. The number of thiazole rings is 1. The maximum atomic E-state index is 13.3. The number of nitrogens with one attached hydrogen (secondary N) is 2. The van der Waals surface area contributed by atoms with Crippen molar-refractivity contribution in [1.82, 2.24) is 10.3 Å². The van der Waals surface area contributed by atoms with E-state index in [4.69, 9.17) is 4.74 Å². The van der Waals surface area contributed by atoms with Crippen molar-refractivity contribution in [1.29, 1.82) is 0 Å². The van der Waals surface area contributed by atoms with Crippen LogP contribution in [0.1, 0.15) is 24.4 Å². The minimum Gasteiger partial charge on any atom is -0.376 e. The van der Waals surface area contributed by atoms with Crippen LogP contribution in [-0.2, 0) is 4.74 Å². The van der Waals surface area contributed by atoms with Crippen molar-refractivity contribution in [3.63, 3.8) is 0 Å². The van der Waals surface area contributed by atoms with Crippen molar-refractivity contribution < 1.29 is 13.9 Å². The van der Waals surface area contributed by atoms with Crippen LogP contribution < -0.4 is 10.6 Å². The first kappa shape index (κ1) is 18.6. The molecule has 4 rings (SSSR count). The van der Waals surface area contributed by atoms with Crippen LogP contribution in [0.4, 0.5) is 14.3 Å². The number of hydrogen-bond donors (Lipinski definition) is 2. The van der Waals surface area contributed by atoms with E-state index in [9.17, 15) is 9.18 Å². The van der Waals surface area contributed by atoms with Crippen molar-refractivity contribution >= 4 is 22.5 Å². The van der Waals surface area contributed by atoms with Crippen LogP contribution in [-0.4, -0.2) is 23.7 Å². The predicted octanol–water partition coefficient (Wildman–Crippen LogP) is 4.99. The number of amides is 2. The van der Waals surface area contributed by atoms with Crippen LogP contribution in [0.15, 0.2) is 60.8 Å². The number of carbonyl (C=O) groups excluding carboxylic acids is 1. The molecule has 3 aromatic rings. The molecule has 2 heterocycles. The van der Waals surface area contributed by atoms with E-state index in [1.165, 1.54) is 23.5 Å². The van der Waals surface area contributed by atoms with Gasteiger partial charge in [0.15, 0.2) is 5.13 Å². The lowest BCUT2D eigenvalue weighted by atomic mass is 9.99. The minimum atomic E-state index is -0.362. The topological polar surface area (TPSA) is 63.2 Å². The van der Waals surface area contributed by atoms with Gasteiger partial charge in [0.05, 0.1) is 17.0 Å². The number of hydrogen-bond acceptors (Lipinski definition) is 4. The number of carbonyl (C=O) groups is 1. The van der Waals surface area contributed by atoms with Crippen molar-refractivity contribution in [2.45, 2.75) is 25.0 Å². The van der Waals surface area contributed by atoms with E-state index >= 15 is 0 Å². The molecular formula is C21H20FN3O2S. The summed E-state index contributed by atoms with van der Waals surface area (Å²) >= 11 is 1.41. The molecule has 0 radical (unpaired) electrons. The zero-order valence-corrected chi connectivity index (χ0v) is 15.9. The lowest BCUT2D eigenvalue weighted by Gasteiger charge is -2.24. The molecule has 2 atom stereocenters. The number of nitrogens with zero attached hydrogens (tertiary/aromatic N) is 1. The third-order valence-corrected chi connectivity index (χ3v) is 5.60. The molecule has 0 spiro atoms. The molecule has 2 aromatic carbocycles. The molecule has 1 saturated heterocycles. The number of urea groups is 1. The maximum Gasteiger partial charge on any atom is 0.321 e. The number of aromatic nitrogens is 1. The van der Waals surface area contributed by atoms with Crippen molar-refractivity contribution in [3.05, 3.63) is 72.2 Å². The fourth-order valence-corrected chi connectivity index (χ4v) is 4.09. The van der Waals surface area contributed by atoms with Gasteiger partial charge >= 0.3 is 6.03 Å². The van der Waals surface area contributed by atoms with Gasteiger partial charge in [-0.2, -0.15) is 0 Å². The molecule has 2 N–H and O–H groups in total. The Balaban J connectivity index is 1.46. The van der Waals surface area contributed by atoms with Gasteiger partial charge in [0.2, 0.25) is 0 Å². The lowest BCUT2D eigenvalue weighted by Crippen LogP contribution is -2.38. The first-order valence-electron chi connectivity index (χ1n) is 9.15. The van der Waals surface area contributed by atoms with Crippen LogP contribution in [0.25, 0.3) is 10.4 Å². The van der Waals surface area contributed by atoms with Gasteiger partial charge in [0.25, 0.3) is 0 Å². The summed E-state index contributed by atoms with van der Waals surface area (Å²) in [5, 5.41) is 6.27. The summed E-state index contributed by atoms with van der Waals surface area (Å²) in [5.74, 6) is -0.310. The van der Waals surface area contributed by atoms with Gasteiger partial charge in [0, 0.05) is 12.8 Å². The number of benzene rings is 2. The largest absolute Gasteiger partial charge is 0.376 e. The van der Waals surface area contributed by atoms with E-state index in [0.29, 0.717) is 11.7 Å². The monoisotopic (exact) mass is 397 g/mol. The van der Waals surface area contributed by atoms with E-state index < -0.39 is 0 Å². The predicted molar refractivity (Wildman–Crippen MR) is 108 cm³/mol. The molecule has 2 unspecified atom stereocenters. The molecule has 7 heteroatoms. The smallest absolute Gasteiger partial charge is 0.321 e. The normalized spacial score (nSPS) is 17.2. The molecular weight excluding hydrogens is 377 g/mol. The second-order valence-corrected chi connectivity index (χ2v) is 7.61. The van der Waals surface area contributed by atoms with E-state index in [0.717, 1.165) is 28.8 Å². The van der Waals surface area contributed by atoms with E-state index in [-0.39, 0.29) is 24.0 Å². The fraction of sp³-hybridized carbons (Fsp3) is 0.238. The Kier molecular flexibility index (Phi) is 5.64. The SMILES string of the molecule is O=C(Nc1ncc(-c2ccccc2)s1)NC(c1ccc(F)cc1)C1CCCO1. The van der Waals surface area contributed by atoms with Crippen molar-refractivity contribution in [2.24, 2.45) is 0 Å². The molecule has 0 aliphatic carbocycles. The van der Waals surface area contributed by atoms with Crippen LogP contribution in [0.3, 0.4) is 0 Å². The molecule has 1 fully saturated rings. The highest BCUT2D eigenvalue weighted by Crippen LogP contribution is 2.30. The summed E-state index contributed by atoms with van der Waals surface area (Å²) in [7, 11) is 0. The van der Waals surface area contributed by atoms with Crippen LogP contribution >= 0.6 is 11.3 Å². The van der Waals surface area contributed by atoms with Gasteiger partial charge in [0.1, 0.15) is 5.82 Å². The number of halogens is 1. The van der Waals surface area contributed by atoms with Gasteiger partial charge < -0.3 is 10.1 Å². The third-order valence-electron chi connectivity index (χ3n) is 4.64. The summed E-state index contributed by atoms with van der Waals surface area (Å²) in [4.78, 5) is 17.8. The average molecular weight is 397 g/mol. The Bertz CT molecular complexity index is 924. The second-order valence-electron chi connectivity index (χ2n) is 6.57. The van der Waals surface area contributed by atoms with Crippen LogP contribution in [0, 0.1) is 5.82 Å². The van der Waals surface area contributed by atoms with E-state index in [2.05, 4.69) is 15.6 Å². The highest BCUT2D eigenvalue weighted by atomic mass is 32.1. The fourth-order valence-electron chi connectivity index (χ4n) is 3.27. The Morgan fingerprint density at radius 2 is 1.96 bits per heavy atom. The van der Waals surface area contributed by atoms with Gasteiger partial charge in [-0.25, -0.2) is 14.2 Å². The Labute approximate surface area is 166 Å². The van der Waals surface area contributed by atoms with Crippen LogP contribution in [0.5, 0.6) is 0 Å². The molecule has 0 saturated carbocycles. The Hall–Kier alpha value is -2.77. The lowest BCUT2D eigenvalue weighted by molar-refractivity contribution is 0.0815. The van der Waals surface area contributed by atoms with Gasteiger partial charge in [-0.15, -0.1) is 0 Å². The number of rotatable bonds is 5. The van der Waals surface area contributed by atoms with Crippen molar-refractivity contribution in [3.8, 4) is 10.4 Å². The Morgan fingerprint density at radius 3 is 2.68 bits per heavy atom. The molecule has 5 nitrogen and oxygen atoms in total. The minimum absolute atomic E-state index is 0.132. The molecule has 1 aliphatic heterocycles. The quantitative estimate of drug-likeness (QED) is 0.637. The summed E-state index contributed by atoms with van der Waals surface area (Å²) < 4.78 is 19.0. The third kappa shape index (κ3) is 4.37. The first-order chi connectivity index (χ1) is 13.7. The highest BCUT2D eigenvalue weighted by Gasteiger charge is 2.29. The van der Waals surface area contributed by atoms with E-state index in [1.54, 1.807) is 18.3 Å². The Morgan fingerprint density at radius 1 is 1.18 bits per heavy atom. The highest BCUT2D eigenvalue weighted by molar-refractivity contribution is 7.19. The molecule has 0 bridgehead atoms. The average Bonchev–Trinajstić information content (AvgIpc) is 3.40. The summed E-state index contributed by atoms with van der Waals surface area (Å²) in [5.41, 5.74) is 1.87. The summed E-state index contributed by atoms with van der Waals surface area (Å²) in [6.45, 7) is 0.665. The van der Waals surface area contributed by atoms with Crippen LogP contribution in [0.2, 0.25) is 0 Å². The molecule has 2 amide bonds. The standard InChI is InChI=1S/C21H20FN3O2S/c22-16-10-8-15(9-11-16)19(17-7-4-12-27-17)24-20(26)25-21-23-13-18(28-21)14-5-2-1-3-6-14/h1-3,5-6,8-11,13,17,19H,4,7,12H2,(H2,23,24,25,26). The van der Waals surface area contributed by atoms with Gasteiger partial charge in [-0.3, -0.25) is 5.32 Å². The number of anilines is 1. The van der Waals surface area contributed by atoms with Crippen molar-refractivity contribution in [2.75, 3.05) is 11.9 Å². The number of ether oxygens (including phenoxy) is 1. The molecule has 1 aliphatic rings. The zero-order valence-electron chi connectivity index (χ0n) is 15.1. The first-order valence-corrected chi connectivity index (χ1v) is 9.96. The van der Waals surface area contributed by atoms with Gasteiger partial charge in [-0.05, 0) is 36.1 Å². The van der Waals surface area contributed by atoms with Gasteiger partial charge in [-0.1, -0.05) is 53.8 Å². The maximum absolute atomic E-state index is 13.3. The van der Waals surface area contributed by atoms with E-state index in [1.807, 2.05) is 30.3 Å². The summed E-state index contributed by atoms with van der Waals surface area (Å²) in [6, 6.07) is 15.3. The molecule has 144 valence electrons. The molecule has 1 aromatic heterocycles. The molecule has 28 heavy (non-hydrogen) atoms. The second kappa shape index (κ2) is 8.50.